The molecule has 324 valence electrons. The van der Waals surface area contributed by atoms with Crippen molar-refractivity contribution in [1.82, 2.24) is 24.3 Å². The molecule has 1 saturated carbocycles. The summed E-state index contributed by atoms with van der Waals surface area (Å²) in [7, 11) is 1.75. The average Bonchev–Trinajstić information content (AvgIpc) is 3.22. The van der Waals surface area contributed by atoms with Crippen molar-refractivity contribution in [3.8, 4) is 5.75 Å². The Morgan fingerprint density at radius 1 is 1.06 bits per heavy atom. The number of carbonyl (C=O) groups excluding carboxylic acids is 2. The number of hydrogen-bond acceptors (Lipinski definition) is 11. The smallest absolute Gasteiger partial charge is 0.259 e. The molecule has 3 N–H and O–H groups in total. The molecule has 2 aliphatic rings. The number of nitrogens with zero attached hydrogens (tertiary/aromatic N) is 4. The molecule has 1 saturated heterocycles. The number of rotatable bonds is 17. The molecule has 0 bridgehead atoms. The lowest BCUT2D eigenvalue weighted by molar-refractivity contribution is -0.135. The number of ether oxygens (including phenoxy) is 2. The molecule has 2 unspecified atom stereocenters. The number of benzene rings is 3. The third kappa shape index (κ3) is 10.0. The fraction of sp³-hybridized carbons (Fsp3) is 0.354. The number of hydrogen-bond donors (Lipinski definition) is 4. The molecule has 0 radical (unpaired) electrons. The van der Waals surface area contributed by atoms with Gasteiger partial charge in [-0.15, -0.1) is 0 Å². The number of piperidine rings is 1. The van der Waals surface area contributed by atoms with Crippen LogP contribution in [-0.2, 0) is 32.8 Å². The Bertz CT molecular complexity index is 2580. The standard InChI is InChI=1S/C48H54ClN7O5S/c1-7-29(2)30(3)40-26-34(48(4,5)33-11-14-37(15-12-33)61-28-36-19-22-50-47(52-36)54-55(6)62)27-41(49)39(40)21-24-60-45(31-9-8-10-31)51-35-13-16-38-32(25-35)20-23-56(46(38)59)42-17-18-43(57)53-44(42)58/h11-16,19-20,22-23,25-27,29,42,51,62H,3,7-10,17-18,21,24,28H2,1-2,4-6H3,(H,50,52,54)(H,53,57,58). The van der Waals surface area contributed by atoms with E-state index in [4.69, 9.17) is 21.1 Å². The predicted octanol–water partition coefficient (Wildman–Crippen LogP) is 9.56. The normalized spacial score (nSPS) is 15.8. The van der Waals surface area contributed by atoms with Gasteiger partial charge in [-0.3, -0.25) is 25.1 Å². The summed E-state index contributed by atoms with van der Waals surface area (Å²) in [6.45, 7) is 14.0. The molecule has 62 heavy (non-hydrogen) atoms. The number of nitrogens with one attached hydrogen (secondary N) is 3. The fourth-order valence-corrected chi connectivity index (χ4v) is 8.15. The minimum Gasteiger partial charge on any atom is -0.487 e. The number of carbonyl (C=O) groups is 2. The van der Waals surface area contributed by atoms with Gasteiger partial charge in [0.15, 0.2) is 5.88 Å². The van der Waals surface area contributed by atoms with E-state index in [1.807, 2.05) is 36.4 Å². The summed E-state index contributed by atoms with van der Waals surface area (Å²) in [4.78, 5) is 46.3. The van der Waals surface area contributed by atoms with E-state index in [1.165, 1.54) is 14.6 Å². The lowest BCUT2D eigenvalue weighted by Gasteiger charge is -2.29. The molecule has 2 amide bonds. The number of aromatic nitrogens is 3. The Morgan fingerprint density at radius 2 is 1.84 bits per heavy atom. The summed E-state index contributed by atoms with van der Waals surface area (Å²) >= 11 is 11.4. The zero-order valence-corrected chi connectivity index (χ0v) is 37.5. The van der Waals surface area contributed by atoms with Crippen molar-refractivity contribution >= 4 is 64.2 Å². The topological polar surface area (TPSA) is 140 Å². The van der Waals surface area contributed by atoms with E-state index < -0.39 is 17.4 Å². The van der Waals surface area contributed by atoms with Gasteiger partial charge in [-0.25, -0.2) is 9.97 Å². The van der Waals surface area contributed by atoms with Crippen LogP contribution in [0.25, 0.3) is 16.3 Å². The highest BCUT2D eigenvalue weighted by molar-refractivity contribution is 7.77. The number of anilines is 2. The minimum absolute atomic E-state index is 0.195. The fourth-order valence-electron chi connectivity index (χ4n) is 7.74. The van der Waals surface area contributed by atoms with Gasteiger partial charge in [0.05, 0.1) is 12.3 Å². The van der Waals surface area contributed by atoms with Crippen molar-refractivity contribution in [3.05, 3.63) is 140 Å². The van der Waals surface area contributed by atoms with E-state index in [0.29, 0.717) is 35.8 Å². The van der Waals surface area contributed by atoms with Gasteiger partial charge in [-0.2, -0.15) is 4.41 Å². The lowest BCUT2D eigenvalue weighted by Crippen LogP contribution is -2.44. The van der Waals surface area contributed by atoms with Crippen molar-refractivity contribution < 1.29 is 19.1 Å². The van der Waals surface area contributed by atoms with Gasteiger partial charge in [-0.1, -0.05) is 76.9 Å². The first kappa shape index (κ1) is 44.4. The highest BCUT2D eigenvalue weighted by Crippen LogP contribution is 2.40. The third-order valence-corrected chi connectivity index (χ3v) is 12.5. The summed E-state index contributed by atoms with van der Waals surface area (Å²) in [6, 6.07) is 20.9. The molecule has 2 atom stereocenters. The van der Waals surface area contributed by atoms with Crippen molar-refractivity contribution in [3.63, 3.8) is 0 Å². The Balaban J connectivity index is 1.06. The molecule has 7 rings (SSSR count). The highest BCUT2D eigenvalue weighted by Gasteiger charge is 2.30. The molecule has 1 aliphatic heterocycles. The Kier molecular flexibility index (Phi) is 13.7. The maximum Gasteiger partial charge on any atom is 0.259 e. The van der Waals surface area contributed by atoms with Crippen LogP contribution in [0.15, 0.2) is 102 Å². The molecule has 3 aromatic carbocycles. The van der Waals surface area contributed by atoms with E-state index in [2.05, 4.69) is 97.4 Å². The maximum atomic E-state index is 13.5. The van der Waals surface area contributed by atoms with Crippen molar-refractivity contribution in [2.75, 3.05) is 24.4 Å². The zero-order chi connectivity index (χ0) is 44.1. The Morgan fingerprint density at radius 3 is 2.53 bits per heavy atom. The van der Waals surface area contributed by atoms with Crippen LogP contribution in [0.5, 0.6) is 5.75 Å². The average molecular weight is 877 g/mol. The van der Waals surface area contributed by atoms with Gasteiger partial charge >= 0.3 is 0 Å². The molecular formula is C48H54ClN7O5S. The van der Waals surface area contributed by atoms with E-state index in [1.54, 1.807) is 25.5 Å². The van der Waals surface area contributed by atoms with Gasteiger partial charge in [0.2, 0.25) is 17.8 Å². The summed E-state index contributed by atoms with van der Waals surface area (Å²) in [5, 5.41) is 7.73. The monoisotopic (exact) mass is 875 g/mol. The van der Waals surface area contributed by atoms with Gasteiger partial charge in [0, 0.05) is 53.8 Å². The van der Waals surface area contributed by atoms with Crippen LogP contribution in [0.1, 0.15) is 100 Å². The number of thiol groups is 1. The number of fused-ring (bicyclic) bond motifs is 1. The van der Waals surface area contributed by atoms with Crippen LogP contribution in [-0.4, -0.2) is 44.4 Å². The van der Waals surface area contributed by atoms with Crippen LogP contribution in [0.4, 0.5) is 11.6 Å². The van der Waals surface area contributed by atoms with Crippen molar-refractivity contribution in [2.45, 2.75) is 90.7 Å². The summed E-state index contributed by atoms with van der Waals surface area (Å²) in [6.07, 6.45) is 8.28. The third-order valence-electron chi connectivity index (χ3n) is 12.0. The summed E-state index contributed by atoms with van der Waals surface area (Å²) in [5.74, 6) is 1.35. The van der Waals surface area contributed by atoms with E-state index >= 15 is 0 Å². The van der Waals surface area contributed by atoms with E-state index in [-0.39, 0.29) is 30.4 Å². The number of halogens is 1. The molecular weight excluding hydrogens is 822 g/mol. The molecule has 2 aromatic heterocycles. The predicted molar refractivity (Wildman–Crippen MR) is 249 cm³/mol. The summed E-state index contributed by atoms with van der Waals surface area (Å²) in [5.41, 5.74) is 10.3. The first-order valence-electron chi connectivity index (χ1n) is 21.1. The minimum atomic E-state index is -0.718. The SMILES string of the molecule is C=C(c1cc(C(C)(C)c2ccc(OCc3ccnc(NN(C)S)n3)cc2)cc(Cl)c1CCOC(Nc1ccc2c(=O)n(C3CCC(=O)NC3=O)ccc2c1)=C1CCC1)C(C)CC. The zero-order valence-electron chi connectivity index (χ0n) is 35.9. The molecule has 14 heteroatoms. The Hall–Kier alpha value is -5.63. The number of amides is 2. The van der Waals surface area contributed by atoms with Gasteiger partial charge in [0.25, 0.3) is 5.56 Å². The van der Waals surface area contributed by atoms with Gasteiger partial charge in [0.1, 0.15) is 18.4 Å². The molecule has 5 aromatic rings. The second kappa shape index (κ2) is 19.2. The first-order chi connectivity index (χ1) is 29.7. The van der Waals surface area contributed by atoms with Crippen LogP contribution in [0.2, 0.25) is 5.02 Å². The molecule has 0 spiro atoms. The maximum absolute atomic E-state index is 13.5. The largest absolute Gasteiger partial charge is 0.487 e. The highest BCUT2D eigenvalue weighted by atomic mass is 35.5. The van der Waals surface area contributed by atoms with Crippen LogP contribution in [0, 0.1) is 5.92 Å². The van der Waals surface area contributed by atoms with E-state index in [0.717, 1.165) is 81.9 Å². The Labute approximate surface area is 373 Å². The number of hydrazine groups is 1. The van der Waals surface area contributed by atoms with Gasteiger partial charge in [-0.05, 0) is 125 Å². The second-order valence-corrected chi connectivity index (χ2v) is 17.6. The molecule has 1 aliphatic carbocycles. The quantitative estimate of drug-likeness (QED) is 0.0309. The van der Waals surface area contributed by atoms with Crippen LogP contribution >= 0.6 is 24.4 Å². The lowest BCUT2D eigenvalue weighted by atomic mass is 9.76. The van der Waals surface area contributed by atoms with Gasteiger partial charge < -0.3 is 19.4 Å². The van der Waals surface area contributed by atoms with Crippen molar-refractivity contribution in [2.24, 2.45) is 5.92 Å². The van der Waals surface area contributed by atoms with Crippen molar-refractivity contribution in [1.29, 1.82) is 0 Å². The van der Waals surface area contributed by atoms with Crippen LogP contribution in [0.3, 0.4) is 0 Å². The second-order valence-electron chi connectivity index (χ2n) is 16.6. The number of imide groups is 1. The molecule has 2 fully saturated rings. The number of pyridine rings is 1. The molecule has 12 nitrogen and oxygen atoms in total. The van der Waals surface area contributed by atoms with Crippen LogP contribution < -0.4 is 26.4 Å². The molecule has 3 heterocycles. The first-order valence-corrected chi connectivity index (χ1v) is 21.9. The number of allylic oxidation sites excluding steroid dienone is 2. The van der Waals surface area contributed by atoms with E-state index in [9.17, 15) is 14.4 Å². The summed E-state index contributed by atoms with van der Waals surface area (Å²) < 4.78 is 15.5.